The minimum Gasteiger partial charge on any atom is -0.465 e. The van der Waals surface area contributed by atoms with Crippen LogP contribution in [0.15, 0.2) is 30.3 Å². The standard InChI is InChI=1S/C17H14FN3O4S/c18-10-2-3-11-9(7-10)1-4-12-14(11)26-16(19-12)20-15(22)13-8-25-6-5-21(13)17(23)24/h1-4,7,13H,5-6,8H2,(H,23,24)(H,19,20,22). The summed E-state index contributed by atoms with van der Waals surface area (Å²) in [6.07, 6.45) is -1.16. The lowest BCUT2D eigenvalue weighted by atomic mass is 10.1. The van der Waals surface area contributed by atoms with Crippen molar-refractivity contribution >= 4 is 49.5 Å². The van der Waals surface area contributed by atoms with Crippen molar-refractivity contribution < 1.29 is 23.8 Å². The number of ether oxygens (including phenoxy) is 1. The SMILES string of the molecule is O=C(Nc1nc2ccc3cc(F)ccc3c2s1)C1COCCN1C(=O)O. The van der Waals surface area contributed by atoms with Gasteiger partial charge in [0.15, 0.2) is 5.13 Å². The first kappa shape index (κ1) is 16.7. The smallest absolute Gasteiger partial charge is 0.408 e. The van der Waals surface area contributed by atoms with Crippen LogP contribution < -0.4 is 5.32 Å². The zero-order valence-electron chi connectivity index (χ0n) is 13.4. The Morgan fingerprint density at radius 3 is 3.00 bits per heavy atom. The van der Waals surface area contributed by atoms with E-state index in [2.05, 4.69) is 10.3 Å². The fourth-order valence-corrected chi connectivity index (χ4v) is 3.98. The highest BCUT2D eigenvalue weighted by atomic mass is 32.1. The molecule has 1 fully saturated rings. The lowest BCUT2D eigenvalue weighted by Crippen LogP contribution is -2.53. The van der Waals surface area contributed by atoms with Crippen LogP contribution in [0.1, 0.15) is 0 Å². The van der Waals surface area contributed by atoms with Crippen LogP contribution in [0.5, 0.6) is 0 Å². The van der Waals surface area contributed by atoms with E-state index in [1.807, 2.05) is 0 Å². The highest BCUT2D eigenvalue weighted by Gasteiger charge is 2.33. The summed E-state index contributed by atoms with van der Waals surface area (Å²) in [7, 11) is 0. The molecule has 1 aliphatic heterocycles. The zero-order valence-corrected chi connectivity index (χ0v) is 14.3. The highest BCUT2D eigenvalue weighted by molar-refractivity contribution is 7.23. The van der Waals surface area contributed by atoms with Gasteiger partial charge < -0.3 is 15.2 Å². The number of anilines is 1. The molecule has 2 heterocycles. The largest absolute Gasteiger partial charge is 0.465 e. The summed E-state index contributed by atoms with van der Waals surface area (Å²) in [5, 5.41) is 13.8. The zero-order chi connectivity index (χ0) is 18.3. The molecule has 4 rings (SSSR count). The number of hydrogen-bond donors (Lipinski definition) is 2. The summed E-state index contributed by atoms with van der Waals surface area (Å²) in [6, 6.07) is 7.11. The summed E-state index contributed by atoms with van der Waals surface area (Å²) >= 11 is 1.26. The Bertz CT molecular complexity index is 1020. The molecule has 2 aromatic carbocycles. The molecule has 1 saturated heterocycles. The van der Waals surface area contributed by atoms with Gasteiger partial charge in [0.25, 0.3) is 5.91 Å². The minimum absolute atomic E-state index is 0.00519. The number of hydrogen-bond acceptors (Lipinski definition) is 5. The van der Waals surface area contributed by atoms with Crippen molar-refractivity contribution in [3.63, 3.8) is 0 Å². The molecule has 1 aromatic heterocycles. The monoisotopic (exact) mass is 375 g/mol. The van der Waals surface area contributed by atoms with E-state index in [1.165, 1.54) is 23.5 Å². The van der Waals surface area contributed by atoms with Gasteiger partial charge in [-0.25, -0.2) is 14.2 Å². The fraction of sp³-hybridized carbons (Fsp3) is 0.235. The molecule has 7 nitrogen and oxygen atoms in total. The summed E-state index contributed by atoms with van der Waals surface area (Å²) in [5.74, 6) is -0.803. The molecule has 2 amide bonds. The predicted molar refractivity (Wildman–Crippen MR) is 95.1 cm³/mol. The van der Waals surface area contributed by atoms with Gasteiger partial charge in [0.1, 0.15) is 11.9 Å². The number of aromatic nitrogens is 1. The summed E-state index contributed by atoms with van der Waals surface area (Å²) in [6.45, 7) is 0.411. The molecule has 0 bridgehead atoms. The molecular weight excluding hydrogens is 361 g/mol. The Labute approximate surface area is 151 Å². The van der Waals surface area contributed by atoms with Crippen LogP contribution in [-0.2, 0) is 9.53 Å². The summed E-state index contributed by atoms with van der Waals surface area (Å²) < 4.78 is 19.4. The average molecular weight is 375 g/mol. The molecule has 1 unspecified atom stereocenters. The number of morpholine rings is 1. The minimum atomic E-state index is -1.16. The Balaban J connectivity index is 1.63. The van der Waals surface area contributed by atoms with Gasteiger partial charge in [0.2, 0.25) is 0 Å². The number of carbonyl (C=O) groups excluding carboxylic acids is 1. The third-order valence-electron chi connectivity index (χ3n) is 4.24. The highest BCUT2D eigenvalue weighted by Crippen LogP contribution is 2.33. The second kappa shape index (κ2) is 6.50. The molecule has 1 atom stereocenters. The second-order valence-electron chi connectivity index (χ2n) is 5.85. The van der Waals surface area contributed by atoms with Gasteiger partial charge in [-0.3, -0.25) is 9.69 Å². The predicted octanol–water partition coefficient (Wildman–Crippen LogP) is 2.91. The van der Waals surface area contributed by atoms with E-state index in [9.17, 15) is 19.1 Å². The second-order valence-corrected chi connectivity index (χ2v) is 6.85. The number of rotatable bonds is 2. The maximum absolute atomic E-state index is 13.4. The van der Waals surface area contributed by atoms with Gasteiger partial charge in [-0.05, 0) is 29.7 Å². The van der Waals surface area contributed by atoms with Gasteiger partial charge in [0, 0.05) is 11.9 Å². The van der Waals surface area contributed by atoms with Crippen LogP contribution in [0.4, 0.5) is 14.3 Å². The van der Waals surface area contributed by atoms with Gasteiger partial charge in [-0.2, -0.15) is 0 Å². The topological polar surface area (TPSA) is 91.8 Å². The van der Waals surface area contributed by atoms with Crippen LogP contribution in [0.2, 0.25) is 0 Å². The maximum Gasteiger partial charge on any atom is 0.408 e. The van der Waals surface area contributed by atoms with Gasteiger partial charge in [0.05, 0.1) is 23.4 Å². The van der Waals surface area contributed by atoms with Gasteiger partial charge in [-0.1, -0.05) is 17.4 Å². The van der Waals surface area contributed by atoms with E-state index in [0.717, 1.165) is 20.4 Å². The molecule has 0 spiro atoms. The van der Waals surface area contributed by atoms with Crippen LogP contribution in [0.3, 0.4) is 0 Å². The average Bonchev–Trinajstić information content (AvgIpc) is 3.04. The number of carbonyl (C=O) groups is 2. The van der Waals surface area contributed by atoms with Crippen LogP contribution in [-0.4, -0.2) is 52.8 Å². The molecular formula is C17H14FN3O4S. The lowest BCUT2D eigenvalue weighted by molar-refractivity contribution is -0.125. The quantitative estimate of drug-likeness (QED) is 0.719. The maximum atomic E-state index is 13.4. The molecule has 26 heavy (non-hydrogen) atoms. The molecule has 1 aliphatic rings. The first-order chi connectivity index (χ1) is 12.5. The van der Waals surface area contributed by atoms with Crippen molar-refractivity contribution in [2.45, 2.75) is 6.04 Å². The number of amides is 2. The number of carboxylic acid groups (broad SMARTS) is 1. The number of fused-ring (bicyclic) bond motifs is 3. The van der Waals surface area contributed by atoms with Crippen molar-refractivity contribution in [2.75, 3.05) is 25.1 Å². The van der Waals surface area contributed by atoms with E-state index < -0.39 is 18.0 Å². The van der Waals surface area contributed by atoms with Crippen LogP contribution in [0.25, 0.3) is 21.0 Å². The number of halogens is 1. The lowest BCUT2D eigenvalue weighted by Gasteiger charge is -2.31. The third-order valence-corrected chi connectivity index (χ3v) is 5.26. The van der Waals surface area contributed by atoms with Crippen molar-refractivity contribution in [1.82, 2.24) is 9.88 Å². The summed E-state index contributed by atoms with van der Waals surface area (Å²) in [4.78, 5) is 29.2. The Hall–Kier alpha value is -2.78. The summed E-state index contributed by atoms with van der Waals surface area (Å²) in [5.41, 5.74) is 0.680. The number of nitrogens with zero attached hydrogens (tertiary/aromatic N) is 2. The number of thiazole rings is 1. The third kappa shape index (κ3) is 2.95. The molecule has 0 radical (unpaired) electrons. The van der Waals surface area contributed by atoms with Crippen molar-refractivity contribution in [3.8, 4) is 0 Å². The Kier molecular flexibility index (Phi) is 4.17. The molecule has 0 aliphatic carbocycles. The first-order valence-corrected chi connectivity index (χ1v) is 8.71. The van der Waals surface area contributed by atoms with Crippen molar-refractivity contribution in [1.29, 1.82) is 0 Å². The molecule has 2 N–H and O–H groups in total. The van der Waals surface area contributed by atoms with Gasteiger partial charge >= 0.3 is 6.09 Å². The number of nitrogens with one attached hydrogen (secondary N) is 1. The van der Waals surface area contributed by atoms with E-state index in [-0.39, 0.29) is 25.6 Å². The first-order valence-electron chi connectivity index (χ1n) is 7.90. The number of benzene rings is 2. The fourth-order valence-electron chi connectivity index (χ4n) is 2.98. The molecule has 134 valence electrons. The van der Waals surface area contributed by atoms with Crippen molar-refractivity contribution in [2.24, 2.45) is 0 Å². The van der Waals surface area contributed by atoms with Crippen LogP contribution >= 0.6 is 11.3 Å². The normalized spacial score (nSPS) is 17.6. The van der Waals surface area contributed by atoms with Crippen molar-refractivity contribution in [3.05, 3.63) is 36.1 Å². The van der Waals surface area contributed by atoms with Gasteiger partial charge in [-0.15, -0.1) is 0 Å². The van der Waals surface area contributed by atoms with E-state index in [1.54, 1.807) is 18.2 Å². The molecule has 9 heteroatoms. The Morgan fingerprint density at radius 2 is 2.19 bits per heavy atom. The Morgan fingerprint density at radius 1 is 1.35 bits per heavy atom. The molecule has 3 aromatic rings. The van der Waals surface area contributed by atoms with E-state index in [4.69, 9.17) is 4.74 Å². The van der Waals surface area contributed by atoms with E-state index in [0.29, 0.717) is 10.6 Å². The van der Waals surface area contributed by atoms with Crippen LogP contribution in [0, 0.1) is 5.82 Å². The molecule has 0 saturated carbocycles. The van der Waals surface area contributed by atoms with E-state index >= 15 is 0 Å².